The summed E-state index contributed by atoms with van der Waals surface area (Å²) >= 11 is 0. The minimum Gasteiger partial charge on any atom is -0.311 e. The normalized spacial score (nSPS) is 13.7. The first-order valence-corrected chi connectivity index (χ1v) is 20.4. The van der Waals surface area contributed by atoms with E-state index in [-0.39, 0.29) is 13.4 Å². The molecule has 0 spiro atoms. The summed E-state index contributed by atoms with van der Waals surface area (Å²) in [6, 6.07) is 73.0. The van der Waals surface area contributed by atoms with Crippen LogP contribution in [0.2, 0.25) is 0 Å². The molecule has 58 heavy (non-hydrogen) atoms. The smallest absolute Gasteiger partial charge is 0.248 e. The number of fused-ring (bicyclic) bond motifs is 7. The second kappa shape index (κ2) is 11.2. The van der Waals surface area contributed by atoms with Gasteiger partial charge in [-0.25, -0.2) is 0 Å². The standard InChI is InChI=1S/C54H32B2N2/c1-3-17-36(18-4-1)57-44-27-11-9-23-40(44)55-42-25-13-21-38-48(35-30-29-33-15-7-8-16-34(33)31-35)39-22-14-26-43-50(39)51(49(38)42)52-53(55)46(57)32-47-54(52)56(43)41-24-10-12-28-45(41)58(47)37-19-5-2-6-20-37/h1-32H. The van der Waals surface area contributed by atoms with Crippen LogP contribution in [-0.4, -0.2) is 13.4 Å². The summed E-state index contributed by atoms with van der Waals surface area (Å²) in [6.45, 7) is 0.135. The van der Waals surface area contributed by atoms with Gasteiger partial charge in [0.25, 0.3) is 0 Å². The lowest BCUT2D eigenvalue weighted by molar-refractivity contribution is 1.26. The molecule has 4 aliphatic heterocycles. The zero-order valence-electron chi connectivity index (χ0n) is 31.5. The molecule has 0 radical (unpaired) electrons. The van der Waals surface area contributed by atoms with Gasteiger partial charge in [-0.2, -0.15) is 0 Å². The molecule has 0 amide bonds. The van der Waals surface area contributed by atoms with E-state index in [1.807, 2.05) is 0 Å². The molecule has 0 saturated heterocycles. The third-order valence-electron chi connectivity index (χ3n) is 13.6. The van der Waals surface area contributed by atoms with Gasteiger partial charge in [0.05, 0.1) is 0 Å². The predicted octanol–water partition coefficient (Wildman–Crippen LogP) is 9.71. The summed E-state index contributed by atoms with van der Waals surface area (Å²) in [4.78, 5) is 5.09. The highest BCUT2D eigenvalue weighted by Gasteiger charge is 2.49. The van der Waals surface area contributed by atoms with Crippen molar-refractivity contribution < 1.29 is 0 Å². The number of hydrogen-bond donors (Lipinski definition) is 0. The van der Waals surface area contributed by atoms with Gasteiger partial charge in [-0.1, -0.05) is 157 Å². The Labute approximate surface area is 337 Å². The van der Waals surface area contributed by atoms with Crippen LogP contribution in [0.3, 0.4) is 0 Å². The lowest BCUT2D eigenvalue weighted by Crippen LogP contribution is -2.66. The van der Waals surface area contributed by atoms with Crippen LogP contribution in [-0.2, 0) is 0 Å². The molecule has 264 valence electrons. The molecule has 2 nitrogen and oxygen atoms in total. The van der Waals surface area contributed by atoms with Crippen LogP contribution in [0.15, 0.2) is 194 Å². The Kier molecular flexibility index (Phi) is 5.95. The summed E-state index contributed by atoms with van der Waals surface area (Å²) in [6.07, 6.45) is 0. The Hall–Kier alpha value is -7.29. The van der Waals surface area contributed by atoms with Gasteiger partial charge in [-0.05, 0) is 125 Å². The van der Waals surface area contributed by atoms with E-state index in [0.717, 1.165) is 0 Å². The van der Waals surface area contributed by atoms with Crippen LogP contribution in [0.25, 0.3) is 54.6 Å². The fourth-order valence-electron chi connectivity index (χ4n) is 11.5. The zero-order valence-corrected chi connectivity index (χ0v) is 31.5. The maximum Gasteiger partial charge on any atom is 0.248 e. The average Bonchev–Trinajstić information content (AvgIpc) is 3.29. The lowest BCUT2D eigenvalue weighted by Gasteiger charge is -2.47. The van der Waals surface area contributed by atoms with Crippen LogP contribution in [0, 0.1) is 0 Å². The van der Waals surface area contributed by atoms with Crippen molar-refractivity contribution in [3.05, 3.63) is 194 Å². The Bertz CT molecular complexity index is 3250. The number of hydrogen-bond acceptors (Lipinski definition) is 2. The summed E-state index contributed by atoms with van der Waals surface area (Å²) in [7, 11) is 0. The fraction of sp³-hybridized carbons (Fsp3) is 0. The third-order valence-corrected chi connectivity index (χ3v) is 13.6. The molecule has 4 heterocycles. The van der Waals surface area contributed by atoms with Gasteiger partial charge >= 0.3 is 0 Å². The molecule has 0 N–H and O–H groups in total. The van der Waals surface area contributed by atoms with Gasteiger partial charge in [0, 0.05) is 34.1 Å². The molecule has 0 unspecified atom stereocenters. The zero-order chi connectivity index (χ0) is 37.6. The summed E-state index contributed by atoms with van der Waals surface area (Å²) in [5.41, 5.74) is 21.1. The molecule has 0 fully saturated rings. The Balaban J connectivity index is 1.22. The lowest BCUT2D eigenvalue weighted by atomic mass is 9.26. The van der Waals surface area contributed by atoms with E-state index in [1.165, 1.54) is 121 Å². The molecule has 10 aromatic rings. The Morgan fingerprint density at radius 1 is 0.310 bits per heavy atom. The Morgan fingerprint density at radius 2 is 0.793 bits per heavy atom. The van der Waals surface area contributed by atoms with E-state index in [4.69, 9.17) is 0 Å². The van der Waals surface area contributed by atoms with Crippen LogP contribution in [0.1, 0.15) is 0 Å². The number of nitrogens with zero attached hydrogens (tertiary/aromatic N) is 2. The van der Waals surface area contributed by atoms with Gasteiger partial charge in [0.15, 0.2) is 0 Å². The van der Waals surface area contributed by atoms with Gasteiger partial charge in [-0.3, -0.25) is 0 Å². The van der Waals surface area contributed by atoms with Crippen LogP contribution < -0.4 is 42.6 Å². The first-order valence-electron chi connectivity index (χ1n) is 20.4. The molecular weight excluding hydrogens is 698 g/mol. The van der Waals surface area contributed by atoms with Gasteiger partial charge < -0.3 is 9.80 Å². The number of benzene rings is 10. The van der Waals surface area contributed by atoms with Crippen LogP contribution in [0.5, 0.6) is 0 Å². The van der Waals surface area contributed by atoms with Crippen molar-refractivity contribution in [2.24, 2.45) is 0 Å². The van der Waals surface area contributed by atoms with Gasteiger partial charge in [0.1, 0.15) is 0 Å². The molecular formula is C54H32B2N2. The molecule has 4 heteroatoms. The minimum atomic E-state index is 0.0674. The van der Waals surface area contributed by atoms with Crippen molar-refractivity contribution in [1.29, 1.82) is 0 Å². The van der Waals surface area contributed by atoms with E-state index in [0.29, 0.717) is 0 Å². The van der Waals surface area contributed by atoms with Gasteiger partial charge in [-0.15, -0.1) is 0 Å². The van der Waals surface area contributed by atoms with Crippen molar-refractivity contribution in [1.82, 2.24) is 0 Å². The van der Waals surface area contributed by atoms with Crippen molar-refractivity contribution in [2.45, 2.75) is 0 Å². The molecule has 0 atom stereocenters. The topological polar surface area (TPSA) is 6.48 Å². The molecule has 0 aromatic heterocycles. The second-order valence-electron chi connectivity index (χ2n) is 16.3. The fourth-order valence-corrected chi connectivity index (χ4v) is 11.5. The van der Waals surface area contributed by atoms with Crippen molar-refractivity contribution in [3.8, 4) is 22.3 Å². The first-order chi connectivity index (χ1) is 28.8. The number of para-hydroxylation sites is 4. The maximum absolute atomic E-state index is 2.54. The highest BCUT2D eigenvalue weighted by Crippen LogP contribution is 2.51. The second-order valence-corrected chi connectivity index (χ2v) is 16.3. The minimum absolute atomic E-state index is 0.0674. The van der Waals surface area contributed by atoms with E-state index in [9.17, 15) is 0 Å². The molecule has 0 aliphatic carbocycles. The molecule has 14 rings (SSSR count). The summed E-state index contributed by atoms with van der Waals surface area (Å²) < 4.78 is 0. The van der Waals surface area contributed by atoms with Crippen molar-refractivity contribution in [3.63, 3.8) is 0 Å². The highest BCUT2D eigenvalue weighted by molar-refractivity contribution is 7.05. The molecule has 10 aromatic carbocycles. The van der Waals surface area contributed by atoms with E-state index in [2.05, 4.69) is 204 Å². The highest BCUT2D eigenvalue weighted by atomic mass is 15.2. The van der Waals surface area contributed by atoms with Crippen LogP contribution in [0.4, 0.5) is 34.1 Å². The van der Waals surface area contributed by atoms with Crippen LogP contribution >= 0.6 is 0 Å². The number of rotatable bonds is 3. The summed E-state index contributed by atoms with van der Waals surface area (Å²) in [5.74, 6) is 0. The van der Waals surface area contributed by atoms with E-state index in [1.54, 1.807) is 0 Å². The van der Waals surface area contributed by atoms with Crippen molar-refractivity contribution in [2.75, 3.05) is 9.80 Å². The first kappa shape index (κ1) is 30.9. The quantitative estimate of drug-likeness (QED) is 0.132. The largest absolute Gasteiger partial charge is 0.311 e. The number of anilines is 6. The average molecular weight is 730 g/mol. The maximum atomic E-state index is 2.54. The van der Waals surface area contributed by atoms with Crippen molar-refractivity contribution >= 4 is 113 Å². The molecule has 0 saturated carbocycles. The monoisotopic (exact) mass is 730 g/mol. The molecule has 4 aliphatic rings. The third kappa shape index (κ3) is 3.80. The SMILES string of the molecule is c1ccc(N2c3ccccc3B3c4c2cc2c5c4-c4c6c3cccc6c(-c3ccc6ccccc6c3)c3cccc(c43)B5c3ccccc3N2c2ccccc2)cc1. The van der Waals surface area contributed by atoms with Gasteiger partial charge in [0.2, 0.25) is 13.4 Å². The summed E-state index contributed by atoms with van der Waals surface area (Å²) in [5, 5.41) is 7.98. The Morgan fingerprint density at radius 3 is 1.36 bits per heavy atom. The predicted molar refractivity (Wildman–Crippen MR) is 249 cm³/mol. The van der Waals surface area contributed by atoms with E-state index >= 15 is 0 Å². The molecule has 0 bridgehead atoms. The van der Waals surface area contributed by atoms with E-state index < -0.39 is 0 Å².